The minimum absolute atomic E-state index is 0.0729. The van der Waals surface area contributed by atoms with E-state index in [0.29, 0.717) is 11.6 Å². The maximum Gasteiger partial charge on any atom is 0.264 e. The Hall–Kier alpha value is -2.37. The smallest absolute Gasteiger partial charge is 0.264 e. The standard InChI is InChI=1S/C13H16N4O2/c1-8-4-9(2)6-11(5-8)19-7-12(18)15-13-14-10(3)16-17-13/h4-6H,7H2,1-3H3,(H2,14,15,16,17,18). The maximum absolute atomic E-state index is 11.6. The van der Waals surface area contributed by atoms with Gasteiger partial charge in [-0.15, -0.1) is 5.10 Å². The number of carbonyl (C=O) groups excluding carboxylic acids is 1. The first-order valence-corrected chi connectivity index (χ1v) is 5.93. The van der Waals surface area contributed by atoms with Gasteiger partial charge in [0.1, 0.15) is 11.6 Å². The van der Waals surface area contributed by atoms with Gasteiger partial charge in [-0.05, 0) is 44.0 Å². The second-order valence-electron chi connectivity index (χ2n) is 4.40. The molecule has 2 rings (SSSR count). The average Bonchev–Trinajstić information content (AvgIpc) is 2.71. The molecule has 0 unspecified atom stereocenters. The van der Waals surface area contributed by atoms with Gasteiger partial charge in [-0.2, -0.15) is 4.98 Å². The van der Waals surface area contributed by atoms with Crippen LogP contribution in [0.5, 0.6) is 5.75 Å². The topological polar surface area (TPSA) is 79.9 Å². The fraction of sp³-hybridized carbons (Fsp3) is 0.308. The van der Waals surface area contributed by atoms with Crippen LogP contribution in [0, 0.1) is 20.8 Å². The number of nitrogens with zero attached hydrogens (tertiary/aromatic N) is 2. The normalized spacial score (nSPS) is 10.3. The number of rotatable bonds is 4. The van der Waals surface area contributed by atoms with Crippen LogP contribution in [0.25, 0.3) is 0 Å². The molecule has 0 aliphatic carbocycles. The molecule has 0 aliphatic rings. The molecule has 19 heavy (non-hydrogen) atoms. The summed E-state index contributed by atoms with van der Waals surface area (Å²) < 4.78 is 5.43. The lowest BCUT2D eigenvalue weighted by Gasteiger charge is -2.07. The lowest BCUT2D eigenvalue weighted by atomic mass is 10.1. The Bertz CT molecular complexity index is 572. The number of H-pyrrole nitrogens is 1. The third-order valence-electron chi connectivity index (χ3n) is 2.41. The summed E-state index contributed by atoms with van der Waals surface area (Å²) in [6.45, 7) is 5.65. The zero-order chi connectivity index (χ0) is 13.8. The number of ether oxygens (including phenoxy) is 1. The van der Waals surface area contributed by atoms with E-state index in [1.165, 1.54) is 0 Å². The third kappa shape index (κ3) is 3.80. The van der Waals surface area contributed by atoms with Crippen molar-refractivity contribution in [1.29, 1.82) is 0 Å². The first-order chi connectivity index (χ1) is 9.02. The highest BCUT2D eigenvalue weighted by molar-refractivity contribution is 5.90. The molecule has 100 valence electrons. The zero-order valence-corrected chi connectivity index (χ0v) is 11.2. The summed E-state index contributed by atoms with van der Waals surface area (Å²) in [6, 6.07) is 5.82. The van der Waals surface area contributed by atoms with Gasteiger partial charge in [-0.3, -0.25) is 15.2 Å². The minimum Gasteiger partial charge on any atom is -0.484 e. The van der Waals surface area contributed by atoms with Crippen LogP contribution in [0.1, 0.15) is 17.0 Å². The SMILES string of the molecule is Cc1cc(C)cc(OCC(=O)Nc2n[nH]c(C)n2)c1. The van der Waals surface area contributed by atoms with Gasteiger partial charge < -0.3 is 4.74 Å². The van der Waals surface area contributed by atoms with Gasteiger partial charge in [-0.1, -0.05) is 6.07 Å². The first-order valence-electron chi connectivity index (χ1n) is 5.93. The summed E-state index contributed by atoms with van der Waals surface area (Å²) in [5.41, 5.74) is 2.19. The number of amides is 1. The fourth-order valence-corrected chi connectivity index (χ4v) is 1.72. The van der Waals surface area contributed by atoms with Crippen molar-refractivity contribution in [3.05, 3.63) is 35.2 Å². The minimum atomic E-state index is -0.293. The van der Waals surface area contributed by atoms with Gasteiger partial charge in [0, 0.05) is 0 Å². The Kier molecular flexibility index (Phi) is 3.79. The van der Waals surface area contributed by atoms with E-state index >= 15 is 0 Å². The van der Waals surface area contributed by atoms with Crippen LogP contribution in [0.15, 0.2) is 18.2 Å². The van der Waals surface area contributed by atoms with E-state index in [1.54, 1.807) is 6.92 Å². The highest BCUT2D eigenvalue weighted by Crippen LogP contribution is 2.16. The zero-order valence-electron chi connectivity index (χ0n) is 11.2. The summed E-state index contributed by atoms with van der Waals surface area (Å²) in [5.74, 6) is 1.29. The van der Waals surface area contributed by atoms with Crippen molar-refractivity contribution in [1.82, 2.24) is 15.2 Å². The average molecular weight is 260 g/mol. The van der Waals surface area contributed by atoms with E-state index in [4.69, 9.17) is 4.74 Å². The molecule has 0 bridgehead atoms. The molecule has 0 radical (unpaired) electrons. The van der Waals surface area contributed by atoms with E-state index in [1.807, 2.05) is 32.0 Å². The molecule has 0 saturated heterocycles. The van der Waals surface area contributed by atoms with E-state index in [0.717, 1.165) is 11.1 Å². The maximum atomic E-state index is 11.6. The fourth-order valence-electron chi connectivity index (χ4n) is 1.72. The highest BCUT2D eigenvalue weighted by Gasteiger charge is 2.07. The van der Waals surface area contributed by atoms with Crippen molar-refractivity contribution in [2.24, 2.45) is 0 Å². The van der Waals surface area contributed by atoms with Crippen molar-refractivity contribution in [2.45, 2.75) is 20.8 Å². The quantitative estimate of drug-likeness (QED) is 0.877. The molecule has 0 spiro atoms. The molecular weight excluding hydrogens is 244 g/mol. The second kappa shape index (κ2) is 5.51. The predicted octanol–water partition coefficient (Wildman–Crippen LogP) is 1.75. The molecule has 1 heterocycles. The molecule has 0 saturated carbocycles. The van der Waals surface area contributed by atoms with Crippen LogP contribution in [-0.4, -0.2) is 27.7 Å². The molecule has 2 N–H and O–H groups in total. The van der Waals surface area contributed by atoms with Gasteiger partial charge >= 0.3 is 0 Å². The molecule has 0 aliphatic heterocycles. The summed E-state index contributed by atoms with van der Waals surface area (Å²) >= 11 is 0. The number of aromatic amines is 1. The van der Waals surface area contributed by atoms with Crippen LogP contribution in [0.2, 0.25) is 0 Å². The van der Waals surface area contributed by atoms with Crippen LogP contribution >= 0.6 is 0 Å². The Morgan fingerprint density at radius 2 is 1.95 bits per heavy atom. The van der Waals surface area contributed by atoms with E-state index in [2.05, 4.69) is 20.5 Å². The number of hydrogen-bond donors (Lipinski definition) is 2. The summed E-state index contributed by atoms with van der Waals surface area (Å²) in [6.07, 6.45) is 0. The number of aryl methyl sites for hydroxylation is 3. The van der Waals surface area contributed by atoms with Gasteiger partial charge in [0.15, 0.2) is 6.61 Å². The summed E-state index contributed by atoms with van der Waals surface area (Å²) in [7, 11) is 0. The molecule has 6 nitrogen and oxygen atoms in total. The number of hydrogen-bond acceptors (Lipinski definition) is 4. The molecule has 1 aromatic heterocycles. The Balaban J connectivity index is 1.89. The highest BCUT2D eigenvalue weighted by atomic mass is 16.5. The van der Waals surface area contributed by atoms with Crippen molar-refractivity contribution in [2.75, 3.05) is 11.9 Å². The Morgan fingerprint density at radius 1 is 1.26 bits per heavy atom. The molecule has 2 aromatic rings. The Labute approximate surface area is 111 Å². The number of nitrogens with one attached hydrogen (secondary N) is 2. The van der Waals surface area contributed by atoms with Crippen molar-refractivity contribution in [3.8, 4) is 5.75 Å². The van der Waals surface area contributed by atoms with Crippen molar-refractivity contribution < 1.29 is 9.53 Å². The van der Waals surface area contributed by atoms with Crippen molar-refractivity contribution >= 4 is 11.9 Å². The van der Waals surface area contributed by atoms with Gasteiger partial charge in [-0.25, -0.2) is 0 Å². The molecular formula is C13H16N4O2. The van der Waals surface area contributed by atoms with Crippen LogP contribution < -0.4 is 10.1 Å². The summed E-state index contributed by atoms with van der Waals surface area (Å²) in [5, 5.41) is 9.01. The second-order valence-corrected chi connectivity index (χ2v) is 4.40. The summed E-state index contributed by atoms with van der Waals surface area (Å²) in [4.78, 5) is 15.6. The monoisotopic (exact) mass is 260 g/mol. The van der Waals surface area contributed by atoms with E-state index < -0.39 is 0 Å². The predicted molar refractivity (Wildman–Crippen MR) is 71.2 cm³/mol. The molecule has 6 heteroatoms. The molecule has 0 fully saturated rings. The van der Waals surface area contributed by atoms with Crippen molar-refractivity contribution in [3.63, 3.8) is 0 Å². The molecule has 1 aromatic carbocycles. The lowest BCUT2D eigenvalue weighted by molar-refractivity contribution is -0.118. The van der Waals surface area contributed by atoms with Crippen LogP contribution in [0.4, 0.5) is 5.95 Å². The number of anilines is 1. The number of aromatic nitrogens is 3. The van der Waals surface area contributed by atoms with Gasteiger partial charge in [0.05, 0.1) is 0 Å². The van der Waals surface area contributed by atoms with Crippen LogP contribution in [-0.2, 0) is 4.79 Å². The lowest BCUT2D eigenvalue weighted by Crippen LogP contribution is -2.20. The molecule has 1 amide bonds. The van der Waals surface area contributed by atoms with Crippen LogP contribution in [0.3, 0.4) is 0 Å². The molecule has 0 atom stereocenters. The van der Waals surface area contributed by atoms with E-state index in [9.17, 15) is 4.79 Å². The van der Waals surface area contributed by atoms with Gasteiger partial charge in [0.25, 0.3) is 5.91 Å². The third-order valence-corrected chi connectivity index (χ3v) is 2.41. The Morgan fingerprint density at radius 3 is 2.53 bits per heavy atom. The number of carbonyl (C=O) groups is 1. The van der Waals surface area contributed by atoms with E-state index in [-0.39, 0.29) is 18.5 Å². The largest absolute Gasteiger partial charge is 0.484 e. The number of benzene rings is 1. The van der Waals surface area contributed by atoms with Gasteiger partial charge in [0.2, 0.25) is 5.95 Å². The first kappa shape index (κ1) is 13.1.